The molecule has 126 valence electrons. The Morgan fingerprint density at radius 1 is 1.20 bits per heavy atom. The molecule has 0 amide bonds. The molecule has 6 heteroatoms. The topological polar surface area (TPSA) is 71.1 Å². The second kappa shape index (κ2) is 6.39. The van der Waals surface area contributed by atoms with Gasteiger partial charge in [0.05, 0.1) is 11.9 Å². The summed E-state index contributed by atoms with van der Waals surface area (Å²) < 4.78 is 6.02. The predicted molar refractivity (Wildman–Crippen MR) is 94.5 cm³/mol. The maximum atomic E-state index is 11.8. The number of aromatic amines is 1. The maximum Gasteiger partial charge on any atom is 0.269 e. The van der Waals surface area contributed by atoms with E-state index in [9.17, 15) is 4.79 Å². The molecule has 0 saturated heterocycles. The van der Waals surface area contributed by atoms with Crippen LogP contribution in [0.3, 0.4) is 0 Å². The lowest BCUT2D eigenvalue weighted by molar-refractivity contribution is 0.303. The number of nitrogens with zero attached hydrogens (tertiary/aromatic N) is 3. The van der Waals surface area contributed by atoms with E-state index in [1.807, 2.05) is 31.2 Å². The van der Waals surface area contributed by atoms with E-state index in [2.05, 4.69) is 26.1 Å². The van der Waals surface area contributed by atoms with Gasteiger partial charge in [0.2, 0.25) is 0 Å². The van der Waals surface area contributed by atoms with Crippen molar-refractivity contribution in [3.8, 4) is 5.75 Å². The Kier molecular flexibility index (Phi) is 3.93. The van der Waals surface area contributed by atoms with Crippen LogP contribution in [0.2, 0.25) is 0 Å². The van der Waals surface area contributed by atoms with Crippen molar-refractivity contribution >= 4 is 5.69 Å². The van der Waals surface area contributed by atoms with Gasteiger partial charge < -0.3 is 9.64 Å². The molecule has 4 rings (SSSR count). The number of ether oxygens (including phenoxy) is 1. The van der Waals surface area contributed by atoms with Crippen LogP contribution in [0.1, 0.15) is 22.3 Å². The molecule has 0 radical (unpaired) electrons. The molecule has 1 N–H and O–H groups in total. The highest BCUT2D eigenvalue weighted by Gasteiger charge is 2.24. The van der Waals surface area contributed by atoms with Gasteiger partial charge in [0, 0.05) is 42.2 Å². The van der Waals surface area contributed by atoms with Crippen LogP contribution in [-0.4, -0.2) is 15.2 Å². The third-order valence-electron chi connectivity index (χ3n) is 4.48. The number of H-pyrrole nitrogens is 1. The summed E-state index contributed by atoms with van der Waals surface area (Å²) in [4.78, 5) is 18.1. The second-order valence-corrected chi connectivity index (χ2v) is 6.11. The first-order valence-electron chi connectivity index (χ1n) is 8.14. The Morgan fingerprint density at radius 3 is 2.96 bits per heavy atom. The smallest absolute Gasteiger partial charge is 0.269 e. The summed E-state index contributed by atoms with van der Waals surface area (Å²) in [6.07, 6.45) is 5.26. The van der Waals surface area contributed by atoms with E-state index in [0.717, 1.165) is 29.1 Å². The average Bonchev–Trinajstić information content (AvgIpc) is 3.07. The zero-order valence-electron chi connectivity index (χ0n) is 13.9. The number of pyridine rings is 1. The van der Waals surface area contributed by atoms with E-state index in [1.165, 1.54) is 5.56 Å². The molecule has 0 saturated carbocycles. The van der Waals surface area contributed by atoms with Gasteiger partial charge in [-0.25, -0.2) is 5.10 Å². The largest absolute Gasteiger partial charge is 0.488 e. The Morgan fingerprint density at radius 2 is 2.12 bits per heavy atom. The molecule has 25 heavy (non-hydrogen) atoms. The number of hydrogen-bond donors (Lipinski definition) is 1. The molecule has 3 aromatic rings. The van der Waals surface area contributed by atoms with Crippen molar-refractivity contribution in [2.24, 2.45) is 0 Å². The number of nitrogens with one attached hydrogen (secondary N) is 1. The van der Waals surface area contributed by atoms with Gasteiger partial charge >= 0.3 is 0 Å². The molecule has 0 bridgehead atoms. The van der Waals surface area contributed by atoms with Crippen molar-refractivity contribution < 1.29 is 4.74 Å². The van der Waals surface area contributed by atoms with Gasteiger partial charge in [-0.3, -0.25) is 9.78 Å². The zero-order valence-corrected chi connectivity index (χ0v) is 13.9. The number of anilines is 1. The van der Waals surface area contributed by atoms with Crippen molar-refractivity contribution in [3.63, 3.8) is 0 Å². The van der Waals surface area contributed by atoms with E-state index < -0.39 is 0 Å². The SMILES string of the molecule is Cc1c(N2Cc3cccc(OCc4cccnc4)c3C2)cn[nH]c1=O. The van der Waals surface area contributed by atoms with Crippen LogP contribution >= 0.6 is 0 Å². The lowest BCUT2D eigenvalue weighted by Gasteiger charge is -2.18. The van der Waals surface area contributed by atoms with Gasteiger partial charge in [0.15, 0.2) is 0 Å². The van der Waals surface area contributed by atoms with E-state index >= 15 is 0 Å². The Hall–Kier alpha value is -3.15. The molecule has 0 fully saturated rings. The average molecular weight is 334 g/mol. The fraction of sp³-hybridized carbons (Fsp3) is 0.211. The normalized spacial score (nSPS) is 12.9. The molecule has 0 spiro atoms. The standard InChI is InChI=1S/C19H18N4O2/c1-13-17(9-21-22-19(13)24)23-10-15-5-2-6-18(16(15)11-23)25-12-14-4-3-7-20-8-14/h2-9H,10-12H2,1H3,(H,22,24). The van der Waals surface area contributed by atoms with Gasteiger partial charge in [-0.15, -0.1) is 0 Å². The summed E-state index contributed by atoms with van der Waals surface area (Å²) in [5.74, 6) is 0.874. The summed E-state index contributed by atoms with van der Waals surface area (Å²) in [5.41, 5.74) is 4.79. The Labute approximate surface area is 145 Å². The number of hydrogen-bond acceptors (Lipinski definition) is 5. The molecule has 1 aliphatic heterocycles. The van der Waals surface area contributed by atoms with Crippen LogP contribution in [0.15, 0.2) is 53.7 Å². The van der Waals surface area contributed by atoms with Crippen molar-refractivity contribution in [2.75, 3.05) is 4.90 Å². The molecule has 1 aliphatic rings. The molecular weight excluding hydrogens is 316 g/mol. The Bertz CT molecular complexity index is 953. The molecule has 6 nitrogen and oxygen atoms in total. The molecule has 3 heterocycles. The summed E-state index contributed by atoms with van der Waals surface area (Å²) >= 11 is 0. The quantitative estimate of drug-likeness (QED) is 0.794. The minimum atomic E-state index is -0.151. The van der Waals surface area contributed by atoms with Crippen LogP contribution in [-0.2, 0) is 19.7 Å². The van der Waals surface area contributed by atoms with Crippen molar-refractivity contribution in [2.45, 2.75) is 26.6 Å². The minimum Gasteiger partial charge on any atom is -0.488 e. The molecule has 0 aliphatic carbocycles. The molecule has 0 unspecified atom stereocenters. The Balaban J connectivity index is 1.57. The molecular formula is C19H18N4O2. The van der Waals surface area contributed by atoms with E-state index in [0.29, 0.717) is 18.7 Å². The van der Waals surface area contributed by atoms with Gasteiger partial charge in [0.25, 0.3) is 5.56 Å². The monoisotopic (exact) mass is 334 g/mol. The number of aromatic nitrogens is 3. The first-order chi connectivity index (χ1) is 12.2. The fourth-order valence-electron chi connectivity index (χ4n) is 3.11. The van der Waals surface area contributed by atoms with Crippen LogP contribution in [0, 0.1) is 6.92 Å². The zero-order chi connectivity index (χ0) is 17.2. The summed E-state index contributed by atoms with van der Waals surface area (Å²) in [5, 5.41) is 6.41. The minimum absolute atomic E-state index is 0.151. The number of rotatable bonds is 4. The lowest BCUT2D eigenvalue weighted by atomic mass is 10.1. The molecule has 1 aromatic carbocycles. The first-order valence-corrected chi connectivity index (χ1v) is 8.14. The van der Waals surface area contributed by atoms with Crippen LogP contribution in [0.25, 0.3) is 0 Å². The van der Waals surface area contributed by atoms with E-state index in [-0.39, 0.29) is 5.56 Å². The number of fused-ring (bicyclic) bond motifs is 1. The van der Waals surface area contributed by atoms with Gasteiger partial charge in [0.1, 0.15) is 12.4 Å². The third kappa shape index (κ3) is 2.98. The summed E-state index contributed by atoms with van der Waals surface area (Å²) in [6, 6.07) is 9.99. The van der Waals surface area contributed by atoms with Gasteiger partial charge in [-0.05, 0) is 24.6 Å². The van der Waals surface area contributed by atoms with E-state index in [4.69, 9.17) is 4.74 Å². The first kappa shape index (κ1) is 15.4. The molecule has 0 atom stereocenters. The highest BCUT2D eigenvalue weighted by atomic mass is 16.5. The predicted octanol–water partition coefficient (Wildman–Crippen LogP) is 2.57. The highest BCUT2D eigenvalue weighted by molar-refractivity contribution is 5.57. The van der Waals surface area contributed by atoms with Crippen LogP contribution in [0.4, 0.5) is 5.69 Å². The van der Waals surface area contributed by atoms with Crippen molar-refractivity contribution in [1.29, 1.82) is 0 Å². The van der Waals surface area contributed by atoms with Crippen molar-refractivity contribution in [1.82, 2.24) is 15.2 Å². The van der Waals surface area contributed by atoms with Crippen LogP contribution in [0.5, 0.6) is 5.75 Å². The fourth-order valence-corrected chi connectivity index (χ4v) is 3.11. The summed E-state index contributed by atoms with van der Waals surface area (Å²) in [6.45, 7) is 3.74. The number of benzene rings is 1. The third-order valence-corrected chi connectivity index (χ3v) is 4.48. The van der Waals surface area contributed by atoms with Gasteiger partial charge in [-0.1, -0.05) is 18.2 Å². The highest BCUT2D eigenvalue weighted by Crippen LogP contribution is 2.34. The van der Waals surface area contributed by atoms with Crippen molar-refractivity contribution in [3.05, 3.63) is 81.5 Å². The maximum absolute atomic E-state index is 11.8. The second-order valence-electron chi connectivity index (χ2n) is 6.11. The van der Waals surface area contributed by atoms with Crippen LogP contribution < -0.4 is 15.2 Å². The van der Waals surface area contributed by atoms with E-state index in [1.54, 1.807) is 18.6 Å². The summed E-state index contributed by atoms with van der Waals surface area (Å²) in [7, 11) is 0. The lowest BCUT2D eigenvalue weighted by Crippen LogP contribution is -2.21. The van der Waals surface area contributed by atoms with Gasteiger partial charge in [-0.2, -0.15) is 5.10 Å². The molecule has 2 aromatic heterocycles.